The summed E-state index contributed by atoms with van der Waals surface area (Å²) < 4.78 is 0.672. The van der Waals surface area contributed by atoms with E-state index in [9.17, 15) is 4.79 Å². The molecule has 0 spiro atoms. The van der Waals surface area contributed by atoms with Gasteiger partial charge in [-0.1, -0.05) is 40.8 Å². The van der Waals surface area contributed by atoms with Gasteiger partial charge in [0, 0.05) is 11.4 Å². The summed E-state index contributed by atoms with van der Waals surface area (Å²) in [6.07, 6.45) is 0.511. The first-order valence-corrected chi connectivity index (χ1v) is 8.49. The molecule has 1 aliphatic heterocycles. The number of carbonyl (C=O) groups excluding carboxylic acids is 1. The number of benzene rings is 1. The van der Waals surface area contributed by atoms with E-state index in [2.05, 4.69) is 20.7 Å². The van der Waals surface area contributed by atoms with E-state index in [4.69, 9.17) is 17.3 Å². The second kappa shape index (κ2) is 6.23. The molecule has 3 rings (SSSR count). The van der Waals surface area contributed by atoms with Crippen LogP contribution in [0.5, 0.6) is 0 Å². The van der Waals surface area contributed by atoms with Crippen LogP contribution in [-0.4, -0.2) is 27.1 Å². The van der Waals surface area contributed by atoms with Crippen LogP contribution in [0.3, 0.4) is 0 Å². The van der Waals surface area contributed by atoms with Gasteiger partial charge in [-0.2, -0.15) is 5.10 Å². The number of anilines is 1. The van der Waals surface area contributed by atoms with E-state index in [-0.39, 0.29) is 11.2 Å². The number of hydrazone groups is 1. The summed E-state index contributed by atoms with van der Waals surface area (Å²) in [6, 6.07) is 5.69. The van der Waals surface area contributed by atoms with E-state index >= 15 is 0 Å². The van der Waals surface area contributed by atoms with Crippen LogP contribution < -0.4 is 11.2 Å². The molecule has 1 unspecified atom stereocenters. The van der Waals surface area contributed by atoms with Crippen LogP contribution in [-0.2, 0) is 4.79 Å². The summed E-state index contributed by atoms with van der Waals surface area (Å²) >= 11 is 8.65. The van der Waals surface area contributed by atoms with Gasteiger partial charge in [-0.3, -0.25) is 4.79 Å². The van der Waals surface area contributed by atoms with Gasteiger partial charge in [0.15, 0.2) is 4.34 Å². The van der Waals surface area contributed by atoms with Crippen LogP contribution in [0, 0.1) is 6.92 Å². The molecule has 1 aromatic carbocycles. The molecule has 9 heteroatoms. The number of amides is 1. The number of hydrogen-bond donors (Lipinski definition) is 2. The van der Waals surface area contributed by atoms with E-state index < -0.39 is 0 Å². The maximum atomic E-state index is 12.0. The van der Waals surface area contributed by atoms with Gasteiger partial charge in [0.2, 0.25) is 5.13 Å². The number of aromatic nitrogens is 2. The van der Waals surface area contributed by atoms with Gasteiger partial charge in [0.05, 0.1) is 11.0 Å². The number of nitrogens with zero attached hydrogens (tertiary/aromatic N) is 3. The molecular formula is C13H12ClN5OS2. The molecule has 1 aliphatic rings. The van der Waals surface area contributed by atoms with Crippen molar-refractivity contribution in [3.8, 4) is 0 Å². The van der Waals surface area contributed by atoms with Crippen molar-refractivity contribution in [2.45, 2.75) is 22.9 Å². The Morgan fingerprint density at radius 3 is 2.95 bits per heavy atom. The largest absolute Gasteiger partial charge is 0.374 e. The molecule has 2 heterocycles. The van der Waals surface area contributed by atoms with E-state index in [0.29, 0.717) is 20.9 Å². The molecule has 1 amide bonds. The minimum atomic E-state index is -0.309. The summed E-state index contributed by atoms with van der Waals surface area (Å²) in [5, 5.41) is 12.6. The molecular weight excluding hydrogens is 342 g/mol. The number of carbonyl (C=O) groups is 1. The Hall–Kier alpha value is -1.64. The van der Waals surface area contributed by atoms with Crippen molar-refractivity contribution in [3.63, 3.8) is 0 Å². The number of hydrogen-bond acceptors (Lipinski definition) is 7. The molecule has 1 aromatic heterocycles. The zero-order valence-electron chi connectivity index (χ0n) is 11.5. The highest BCUT2D eigenvalue weighted by Gasteiger charge is 2.28. The topological polar surface area (TPSA) is 93.3 Å². The van der Waals surface area contributed by atoms with Crippen molar-refractivity contribution >= 4 is 51.5 Å². The first-order valence-electron chi connectivity index (χ1n) is 6.41. The monoisotopic (exact) mass is 353 g/mol. The van der Waals surface area contributed by atoms with Gasteiger partial charge in [0.25, 0.3) is 5.91 Å². The van der Waals surface area contributed by atoms with Crippen LogP contribution in [0.2, 0.25) is 5.02 Å². The van der Waals surface area contributed by atoms with E-state index in [1.807, 2.05) is 25.1 Å². The van der Waals surface area contributed by atoms with Gasteiger partial charge in [-0.15, -0.1) is 10.2 Å². The van der Waals surface area contributed by atoms with E-state index in [1.165, 1.54) is 23.1 Å². The summed E-state index contributed by atoms with van der Waals surface area (Å²) in [6.45, 7) is 1.93. The molecule has 0 saturated heterocycles. The van der Waals surface area contributed by atoms with Crippen molar-refractivity contribution in [2.24, 2.45) is 5.10 Å². The van der Waals surface area contributed by atoms with Gasteiger partial charge in [-0.05, 0) is 30.2 Å². The van der Waals surface area contributed by atoms with Crippen molar-refractivity contribution in [2.75, 3.05) is 5.73 Å². The Balaban J connectivity index is 1.79. The molecule has 22 heavy (non-hydrogen) atoms. The van der Waals surface area contributed by atoms with Gasteiger partial charge in [0.1, 0.15) is 0 Å². The smallest absolute Gasteiger partial charge is 0.254 e. The van der Waals surface area contributed by atoms with Crippen molar-refractivity contribution in [3.05, 3.63) is 34.3 Å². The molecule has 0 bridgehead atoms. The number of nitrogen functional groups attached to an aromatic ring is 1. The molecule has 3 N–H and O–H groups in total. The third kappa shape index (κ3) is 3.23. The van der Waals surface area contributed by atoms with Gasteiger partial charge >= 0.3 is 0 Å². The summed E-state index contributed by atoms with van der Waals surface area (Å²) in [7, 11) is 0. The number of nitrogens with two attached hydrogens (primary N) is 1. The first kappa shape index (κ1) is 15.3. The molecule has 0 fully saturated rings. The highest BCUT2D eigenvalue weighted by Crippen LogP contribution is 2.31. The SMILES string of the molecule is Cc1cc(C2=NNC(=O)C(Sc3nnc(N)s3)C2)ccc1Cl. The number of aryl methyl sites for hydroxylation is 1. The van der Waals surface area contributed by atoms with Crippen molar-refractivity contribution < 1.29 is 4.79 Å². The maximum absolute atomic E-state index is 12.0. The second-order valence-electron chi connectivity index (χ2n) is 4.72. The number of thioether (sulfide) groups is 1. The quantitative estimate of drug-likeness (QED) is 0.884. The number of rotatable bonds is 3. The second-order valence-corrected chi connectivity index (χ2v) is 7.58. The molecule has 0 radical (unpaired) electrons. The summed E-state index contributed by atoms with van der Waals surface area (Å²) in [4.78, 5) is 12.0. The highest BCUT2D eigenvalue weighted by molar-refractivity contribution is 8.02. The Morgan fingerprint density at radius 1 is 1.45 bits per heavy atom. The lowest BCUT2D eigenvalue weighted by molar-refractivity contribution is -0.120. The normalized spacial score (nSPS) is 18.0. The number of halogens is 1. The van der Waals surface area contributed by atoms with E-state index in [1.54, 1.807) is 0 Å². The van der Waals surface area contributed by atoms with Crippen molar-refractivity contribution in [1.82, 2.24) is 15.6 Å². The third-order valence-corrected chi connectivity index (χ3v) is 5.59. The molecule has 114 valence electrons. The average molecular weight is 354 g/mol. The Kier molecular flexibility index (Phi) is 4.32. The zero-order chi connectivity index (χ0) is 15.7. The molecule has 6 nitrogen and oxygen atoms in total. The lowest BCUT2D eigenvalue weighted by Gasteiger charge is -2.20. The zero-order valence-corrected chi connectivity index (χ0v) is 13.9. The fourth-order valence-electron chi connectivity index (χ4n) is 2.00. The summed E-state index contributed by atoms with van der Waals surface area (Å²) in [5.41, 5.74) is 10.9. The third-order valence-electron chi connectivity index (χ3n) is 3.13. The summed E-state index contributed by atoms with van der Waals surface area (Å²) in [5.74, 6) is -0.145. The lowest BCUT2D eigenvalue weighted by Crippen LogP contribution is -2.36. The van der Waals surface area contributed by atoms with Crippen LogP contribution in [0.4, 0.5) is 5.13 Å². The molecule has 0 saturated carbocycles. The number of nitrogens with one attached hydrogen (secondary N) is 1. The molecule has 1 atom stereocenters. The Bertz CT molecular complexity index is 761. The average Bonchev–Trinajstić information content (AvgIpc) is 2.90. The molecule has 2 aromatic rings. The lowest BCUT2D eigenvalue weighted by atomic mass is 10.0. The van der Waals surface area contributed by atoms with Crippen LogP contribution >= 0.6 is 34.7 Å². The van der Waals surface area contributed by atoms with Crippen molar-refractivity contribution in [1.29, 1.82) is 0 Å². The van der Waals surface area contributed by atoms with Gasteiger partial charge < -0.3 is 5.73 Å². The Labute approximate surface area is 140 Å². The predicted molar refractivity (Wildman–Crippen MR) is 89.5 cm³/mol. The van der Waals surface area contributed by atoms with Gasteiger partial charge in [-0.25, -0.2) is 5.43 Å². The van der Waals surface area contributed by atoms with Crippen LogP contribution in [0.1, 0.15) is 17.5 Å². The minimum Gasteiger partial charge on any atom is -0.374 e. The standard InChI is InChI=1S/C13H12ClN5OS2/c1-6-4-7(2-3-8(6)14)9-5-10(11(20)17-16-9)21-13-19-18-12(15)22-13/h2-4,10H,5H2,1H3,(H2,15,18)(H,17,20). The predicted octanol–water partition coefficient (Wildman–Crippen LogP) is 2.47. The fraction of sp³-hybridized carbons (Fsp3) is 0.231. The first-order chi connectivity index (χ1) is 10.5. The van der Waals surface area contributed by atoms with Crippen LogP contribution in [0.25, 0.3) is 0 Å². The highest BCUT2D eigenvalue weighted by atomic mass is 35.5. The van der Waals surface area contributed by atoms with Crippen LogP contribution in [0.15, 0.2) is 27.6 Å². The fourth-order valence-corrected chi connectivity index (χ4v) is 3.99. The van der Waals surface area contributed by atoms with E-state index in [0.717, 1.165) is 16.8 Å². The molecule has 0 aliphatic carbocycles. The minimum absolute atomic E-state index is 0.145. The maximum Gasteiger partial charge on any atom is 0.254 e. The Morgan fingerprint density at radius 2 is 2.27 bits per heavy atom.